The molecule has 0 bridgehead atoms. The Labute approximate surface area is 170 Å². The molecule has 1 aliphatic rings. The Morgan fingerprint density at radius 1 is 1.14 bits per heavy atom. The number of rotatable bonds is 9. The summed E-state index contributed by atoms with van der Waals surface area (Å²) in [5, 5.41) is 4.56. The summed E-state index contributed by atoms with van der Waals surface area (Å²) in [5.74, 6) is -0.227. The standard InChI is InChI=1S/C20H26N2O4S2/c23-20(21-12-6-13-26-18-9-2-1-3-10-18)16-7-4-8-17(15-16)22-28(24,25)19-11-5-14-27-19/h4-5,7-8,11,14-15,18,22H,1-3,6,9-10,12-13H2,(H,21,23). The van der Waals surface area contributed by atoms with Gasteiger partial charge in [-0.3, -0.25) is 9.52 Å². The lowest BCUT2D eigenvalue weighted by Crippen LogP contribution is -2.26. The number of sulfonamides is 1. The first kappa shape index (κ1) is 20.8. The van der Waals surface area contributed by atoms with Gasteiger partial charge >= 0.3 is 0 Å². The third-order valence-electron chi connectivity index (χ3n) is 4.65. The fourth-order valence-electron chi connectivity index (χ4n) is 3.20. The minimum atomic E-state index is -3.63. The summed E-state index contributed by atoms with van der Waals surface area (Å²) in [6.07, 6.45) is 7.20. The van der Waals surface area contributed by atoms with Crippen LogP contribution in [-0.4, -0.2) is 33.6 Å². The fourth-order valence-corrected chi connectivity index (χ4v) is 5.25. The summed E-state index contributed by atoms with van der Waals surface area (Å²) in [5.41, 5.74) is 0.779. The molecule has 3 rings (SSSR count). The number of hydrogen-bond donors (Lipinski definition) is 2. The van der Waals surface area contributed by atoms with Crippen LogP contribution in [0.1, 0.15) is 48.9 Å². The number of thiophene rings is 1. The second kappa shape index (κ2) is 10.0. The van der Waals surface area contributed by atoms with Crippen LogP contribution in [-0.2, 0) is 14.8 Å². The maximum Gasteiger partial charge on any atom is 0.271 e. The number of benzene rings is 1. The number of ether oxygens (including phenoxy) is 1. The Hall–Kier alpha value is -1.90. The van der Waals surface area contributed by atoms with E-state index < -0.39 is 10.0 Å². The van der Waals surface area contributed by atoms with Crippen molar-refractivity contribution in [3.05, 3.63) is 47.3 Å². The molecule has 1 fully saturated rings. The van der Waals surface area contributed by atoms with E-state index in [0.29, 0.717) is 30.5 Å². The van der Waals surface area contributed by atoms with Crippen molar-refractivity contribution in [3.63, 3.8) is 0 Å². The maximum absolute atomic E-state index is 12.3. The lowest BCUT2D eigenvalue weighted by Gasteiger charge is -2.21. The molecule has 1 saturated carbocycles. The topological polar surface area (TPSA) is 84.5 Å². The Bertz CT molecular complexity index is 860. The van der Waals surface area contributed by atoms with E-state index >= 15 is 0 Å². The van der Waals surface area contributed by atoms with Crippen LogP contribution in [0.5, 0.6) is 0 Å². The fraction of sp³-hybridized carbons (Fsp3) is 0.450. The average molecular weight is 423 g/mol. The van der Waals surface area contributed by atoms with E-state index in [1.54, 1.807) is 41.8 Å². The largest absolute Gasteiger partial charge is 0.378 e. The number of amides is 1. The van der Waals surface area contributed by atoms with Crippen LogP contribution in [0.4, 0.5) is 5.69 Å². The highest BCUT2D eigenvalue weighted by molar-refractivity contribution is 7.94. The smallest absolute Gasteiger partial charge is 0.271 e. The minimum absolute atomic E-state index is 0.227. The van der Waals surface area contributed by atoms with Gasteiger partial charge in [0.25, 0.3) is 15.9 Å². The monoisotopic (exact) mass is 422 g/mol. The van der Waals surface area contributed by atoms with Crippen molar-refractivity contribution < 1.29 is 17.9 Å². The molecule has 0 saturated heterocycles. The molecule has 1 aromatic carbocycles. The van der Waals surface area contributed by atoms with Gasteiger partial charge in [0.1, 0.15) is 4.21 Å². The van der Waals surface area contributed by atoms with Crippen LogP contribution < -0.4 is 10.0 Å². The van der Waals surface area contributed by atoms with Crippen molar-refractivity contribution >= 4 is 33.0 Å². The predicted octanol–water partition coefficient (Wildman–Crippen LogP) is 4.02. The first-order valence-corrected chi connectivity index (χ1v) is 12.0. The molecule has 0 spiro atoms. The van der Waals surface area contributed by atoms with Crippen molar-refractivity contribution in [2.75, 3.05) is 17.9 Å². The molecule has 1 aromatic heterocycles. The van der Waals surface area contributed by atoms with E-state index in [1.807, 2.05) is 0 Å². The molecular weight excluding hydrogens is 396 g/mol. The first-order chi connectivity index (χ1) is 13.5. The van der Waals surface area contributed by atoms with Crippen molar-refractivity contribution in [2.45, 2.75) is 48.8 Å². The molecule has 1 amide bonds. The predicted molar refractivity (Wildman–Crippen MR) is 111 cm³/mol. The van der Waals surface area contributed by atoms with Gasteiger partial charge in [0.05, 0.1) is 6.10 Å². The highest BCUT2D eigenvalue weighted by Gasteiger charge is 2.16. The molecule has 28 heavy (non-hydrogen) atoms. The molecule has 1 aliphatic carbocycles. The molecule has 0 unspecified atom stereocenters. The van der Waals surface area contributed by atoms with E-state index in [1.165, 1.54) is 19.3 Å². The third kappa shape index (κ3) is 6.05. The molecule has 0 atom stereocenters. The highest BCUT2D eigenvalue weighted by atomic mass is 32.2. The van der Waals surface area contributed by atoms with Crippen LogP contribution in [0.2, 0.25) is 0 Å². The Kier molecular flexibility index (Phi) is 7.47. The van der Waals surface area contributed by atoms with Crippen LogP contribution >= 0.6 is 11.3 Å². The molecular formula is C20H26N2O4S2. The molecule has 0 radical (unpaired) electrons. The number of carbonyl (C=O) groups excluding carboxylic acids is 1. The van der Waals surface area contributed by atoms with Gasteiger partial charge in [-0.1, -0.05) is 31.4 Å². The van der Waals surface area contributed by atoms with Crippen LogP contribution in [0.15, 0.2) is 46.0 Å². The molecule has 1 heterocycles. The molecule has 2 aromatic rings. The van der Waals surface area contributed by atoms with Gasteiger partial charge in [0.2, 0.25) is 0 Å². The zero-order valence-corrected chi connectivity index (χ0v) is 17.4. The van der Waals surface area contributed by atoms with Crippen molar-refractivity contribution in [3.8, 4) is 0 Å². The zero-order valence-electron chi connectivity index (χ0n) is 15.7. The second-order valence-corrected chi connectivity index (χ2v) is 9.72. The van der Waals surface area contributed by atoms with E-state index in [-0.39, 0.29) is 10.1 Å². The van der Waals surface area contributed by atoms with Gasteiger partial charge in [-0.15, -0.1) is 11.3 Å². The van der Waals surface area contributed by atoms with Crippen LogP contribution in [0, 0.1) is 0 Å². The first-order valence-electron chi connectivity index (χ1n) is 9.61. The molecule has 152 valence electrons. The quantitative estimate of drug-likeness (QED) is 0.598. The molecule has 0 aliphatic heterocycles. The number of nitrogens with one attached hydrogen (secondary N) is 2. The Morgan fingerprint density at radius 2 is 1.96 bits per heavy atom. The van der Waals surface area contributed by atoms with E-state index in [9.17, 15) is 13.2 Å². The van der Waals surface area contributed by atoms with Gasteiger partial charge in [-0.05, 0) is 48.9 Å². The normalized spacial score (nSPS) is 15.3. The van der Waals surface area contributed by atoms with E-state index in [0.717, 1.165) is 30.6 Å². The average Bonchev–Trinajstić information content (AvgIpc) is 3.24. The number of hydrogen-bond acceptors (Lipinski definition) is 5. The SMILES string of the molecule is O=C(NCCCOC1CCCCC1)c1cccc(NS(=O)(=O)c2cccs2)c1. The third-order valence-corrected chi connectivity index (χ3v) is 7.43. The lowest BCUT2D eigenvalue weighted by atomic mass is 9.98. The van der Waals surface area contributed by atoms with E-state index in [4.69, 9.17) is 4.74 Å². The summed E-state index contributed by atoms with van der Waals surface area (Å²) in [4.78, 5) is 12.3. The summed E-state index contributed by atoms with van der Waals surface area (Å²) < 4.78 is 33.2. The van der Waals surface area contributed by atoms with Crippen molar-refractivity contribution in [2.24, 2.45) is 0 Å². The molecule has 6 nitrogen and oxygen atoms in total. The summed E-state index contributed by atoms with van der Waals surface area (Å²) in [6, 6.07) is 9.71. The van der Waals surface area contributed by atoms with Crippen molar-refractivity contribution in [1.82, 2.24) is 5.32 Å². The number of carbonyl (C=O) groups is 1. The Morgan fingerprint density at radius 3 is 2.71 bits per heavy atom. The number of anilines is 1. The highest BCUT2D eigenvalue weighted by Crippen LogP contribution is 2.21. The lowest BCUT2D eigenvalue weighted by molar-refractivity contribution is 0.0273. The Balaban J connectivity index is 1.46. The van der Waals surface area contributed by atoms with Gasteiger partial charge in [0.15, 0.2) is 0 Å². The summed E-state index contributed by atoms with van der Waals surface area (Å²) in [6.45, 7) is 1.17. The van der Waals surface area contributed by atoms with Crippen molar-refractivity contribution in [1.29, 1.82) is 0 Å². The maximum atomic E-state index is 12.3. The van der Waals surface area contributed by atoms with Crippen LogP contribution in [0.3, 0.4) is 0 Å². The summed E-state index contributed by atoms with van der Waals surface area (Å²) >= 11 is 1.14. The molecule has 2 N–H and O–H groups in total. The zero-order chi connectivity index (χ0) is 19.8. The van der Waals surface area contributed by atoms with Gasteiger partial charge < -0.3 is 10.1 Å². The molecule has 8 heteroatoms. The summed E-state index contributed by atoms with van der Waals surface area (Å²) in [7, 11) is -3.63. The minimum Gasteiger partial charge on any atom is -0.378 e. The van der Waals surface area contributed by atoms with E-state index in [2.05, 4.69) is 10.0 Å². The van der Waals surface area contributed by atoms with Gasteiger partial charge in [-0.25, -0.2) is 8.42 Å². The van der Waals surface area contributed by atoms with Gasteiger partial charge in [-0.2, -0.15) is 0 Å². The van der Waals surface area contributed by atoms with Gasteiger partial charge in [0, 0.05) is 24.4 Å². The van der Waals surface area contributed by atoms with Crippen LogP contribution in [0.25, 0.3) is 0 Å². The second-order valence-electron chi connectivity index (χ2n) is 6.86.